The molecule has 2 aromatic carbocycles. The number of nitriles is 1. The second-order valence-corrected chi connectivity index (χ2v) is 5.06. The highest BCUT2D eigenvalue weighted by atomic mass is 35.5. The number of hydrogen-bond acceptors (Lipinski definition) is 3. The summed E-state index contributed by atoms with van der Waals surface area (Å²) in [5, 5.41) is 9.79. The summed E-state index contributed by atoms with van der Waals surface area (Å²) >= 11 is 6.05. The fourth-order valence-corrected chi connectivity index (χ4v) is 2.39. The van der Waals surface area contributed by atoms with Crippen LogP contribution in [0.25, 0.3) is 0 Å². The van der Waals surface area contributed by atoms with Crippen LogP contribution < -0.4 is 4.74 Å². The summed E-state index contributed by atoms with van der Waals surface area (Å²) in [5.74, 6) is -0.751. The molecule has 0 saturated heterocycles. The van der Waals surface area contributed by atoms with Gasteiger partial charge in [0.05, 0.1) is 18.2 Å². The minimum atomic E-state index is -0.945. The van der Waals surface area contributed by atoms with Crippen molar-refractivity contribution in [1.82, 2.24) is 0 Å². The molecule has 0 aromatic heterocycles. The first kappa shape index (κ1) is 15.1. The summed E-state index contributed by atoms with van der Waals surface area (Å²) in [7, 11) is 1.52. The number of aryl methyl sites for hydroxylation is 1. The molecule has 0 aliphatic heterocycles. The second-order valence-electron chi connectivity index (χ2n) is 4.65. The average Bonchev–Trinajstić information content (AvgIpc) is 2.48. The van der Waals surface area contributed by atoms with Crippen LogP contribution in [-0.4, -0.2) is 12.9 Å². The fourth-order valence-electron chi connectivity index (χ4n) is 2.17. The van der Waals surface area contributed by atoms with Crippen molar-refractivity contribution in [3.8, 4) is 11.8 Å². The van der Waals surface area contributed by atoms with Crippen LogP contribution in [0.4, 0.5) is 0 Å². The monoisotopic (exact) mass is 299 g/mol. The normalized spacial score (nSPS) is 11.5. The molecule has 106 valence electrons. The molecule has 0 spiro atoms. The quantitative estimate of drug-likeness (QED) is 0.797. The van der Waals surface area contributed by atoms with Crippen molar-refractivity contribution >= 4 is 17.4 Å². The third-order valence-corrected chi connectivity index (χ3v) is 3.56. The summed E-state index contributed by atoms with van der Waals surface area (Å²) in [6.45, 7) is 1.90. The number of methoxy groups -OCH3 is 1. The van der Waals surface area contributed by atoms with Gasteiger partial charge in [-0.15, -0.1) is 0 Å². The predicted octanol–water partition coefficient (Wildman–Crippen LogP) is 4.15. The number of Topliss-reactive ketones (excluding diaryl/α,β-unsaturated/α-hetero) is 1. The molecule has 1 atom stereocenters. The summed E-state index contributed by atoms with van der Waals surface area (Å²) in [5.41, 5.74) is 1.86. The molecule has 0 amide bonds. The molecule has 21 heavy (non-hydrogen) atoms. The van der Waals surface area contributed by atoms with Crippen LogP contribution in [-0.2, 0) is 0 Å². The lowest BCUT2D eigenvalue weighted by atomic mass is 9.90. The molecule has 2 aromatic rings. The van der Waals surface area contributed by atoms with Crippen molar-refractivity contribution < 1.29 is 9.53 Å². The summed E-state index contributed by atoms with van der Waals surface area (Å²) in [4.78, 5) is 12.6. The SMILES string of the molecule is COc1ccc(C)cc1C(C#N)C(=O)c1ccccc1Cl. The van der Waals surface area contributed by atoms with Gasteiger partial charge in [-0.1, -0.05) is 41.4 Å². The molecular formula is C17H14ClNO2. The van der Waals surface area contributed by atoms with Gasteiger partial charge in [0.2, 0.25) is 0 Å². The van der Waals surface area contributed by atoms with E-state index in [0.717, 1.165) is 5.56 Å². The average molecular weight is 300 g/mol. The van der Waals surface area contributed by atoms with Crippen LogP contribution in [0, 0.1) is 18.3 Å². The number of nitrogens with zero attached hydrogens (tertiary/aromatic N) is 1. The number of carbonyl (C=O) groups excluding carboxylic acids is 1. The van der Waals surface area contributed by atoms with Crippen molar-refractivity contribution in [3.63, 3.8) is 0 Å². The Morgan fingerprint density at radius 2 is 2.00 bits per heavy atom. The van der Waals surface area contributed by atoms with E-state index in [1.54, 1.807) is 36.4 Å². The minimum Gasteiger partial charge on any atom is -0.496 e. The molecule has 0 radical (unpaired) electrons. The molecular weight excluding hydrogens is 286 g/mol. The van der Waals surface area contributed by atoms with Gasteiger partial charge >= 0.3 is 0 Å². The largest absolute Gasteiger partial charge is 0.496 e. The molecule has 3 nitrogen and oxygen atoms in total. The van der Waals surface area contributed by atoms with Gasteiger partial charge in [-0.05, 0) is 25.1 Å². The van der Waals surface area contributed by atoms with Gasteiger partial charge < -0.3 is 4.74 Å². The maximum atomic E-state index is 12.6. The Morgan fingerprint density at radius 3 is 2.62 bits per heavy atom. The molecule has 4 heteroatoms. The van der Waals surface area contributed by atoms with E-state index in [2.05, 4.69) is 6.07 Å². The Kier molecular flexibility index (Phi) is 4.62. The van der Waals surface area contributed by atoms with E-state index in [0.29, 0.717) is 21.9 Å². The zero-order chi connectivity index (χ0) is 15.4. The van der Waals surface area contributed by atoms with Gasteiger partial charge in [-0.3, -0.25) is 4.79 Å². The van der Waals surface area contributed by atoms with E-state index in [4.69, 9.17) is 16.3 Å². The maximum Gasteiger partial charge on any atom is 0.186 e. The first-order valence-corrected chi connectivity index (χ1v) is 6.79. The Bertz CT molecular complexity index is 719. The van der Waals surface area contributed by atoms with Crippen LogP contribution >= 0.6 is 11.6 Å². The Hall–Kier alpha value is -2.31. The first-order chi connectivity index (χ1) is 10.1. The van der Waals surface area contributed by atoms with Gasteiger partial charge in [-0.2, -0.15) is 5.26 Å². The zero-order valence-electron chi connectivity index (χ0n) is 11.8. The second kappa shape index (κ2) is 6.43. The van der Waals surface area contributed by atoms with Gasteiger partial charge in [-0.25, -0.2) is 0 Å². The summed E-state index contributed by atoms with van der Waals surface area (Å²) < 4.78 is 5.26. The van der Waals surface area contributed by atoms with Crippen LogP contribution in [0.3, 0.4) is 0 Å². The third-order valence-electron chi connectivity index (χ3n) is 3.23. The van der Waals surface area contributed by atoms with Crippen molar-refractivity contribution in [2.45, 2.75) is 12.8 Å². The third kappa shape index (κ3) is 3.07. The van der Waals surface area contributed by atoms with E-state index in [1.807, 2.05) is 13.0 Å². The van der Waals surface area contributed by atoms with Crippen molar-refractivity contribution in [1.29, 1.82) is 5.26 Å². The molecule has 0 N–H and O–H groups in total. The van der Waals surface area contributed by atoms with Crippen LogP contribution in [0.2, 0.25) is 5.02 Å². The molecule has 0 heterocycles. The lowest BCUT2D eigenvalue weighted by molar-refractivity contribution is 0.0978. The first-order valence-electron chi connectivity index (χ1n) is 6.41. The molecule has 1 unspecified atom stereocenters. The number of carbonyl (C=O) groups is 1. The smallest absolute Gasteiger partial charge is 0.186 e. The van der Waals surface area contributed by atoms with Crippen molar-refractivity contribution in [2.75, 3.05) is 7.11 Å². The Morgan fingerprint density at radius 1 is 1.29 bits per heavy atom. The molecule has 2 rings (SSSR count). The van der Waals surface area contributed by atoms with Gasteiger partial charge in [0, 0.05) is 11.1 Å². The highest BCUT2D eigenvalue weighted by Crippen LogP contribution is 2.31. The summed E-state index contributed by atoms with van der Waals surface area (Å²) in [6, 6.07) is 14.2. The minimum absolute atomic E-state index is 0.327. The van der Waals surface area contributed by atoms with E-state index in [9.17, 15) is 10.1 Å². The lowest BCUT2D eigenvalue weighted by Gasteiger charge is -2.14. The maximum absolute atomic E-state index is 12.6. The Labute approximate surface area is 128 Å². The van der Waals surface area contributed by atoms with Gasteiger partial charge in [0.15, 0.2) is 5.78 Å². The van der Waals surface area contributed by atoms with Crippen molar-refractivity contribution in [2.24, 2.45) is 0 Å². The topological polar surface area (TPSA) is 50.1 Å². The van der Waals surface area contributed by atoms with Crippen LogP contribution in [0.1, 0.15) is 27.4 Å². The number of rotatable bonds is 4. The number of halogens is 1. The Balaban J connectivity index is 2.51. The van der Waals surface area contributed by atoms with Crippen LogP contribution in [0.5, 0.6) is 5.75 Å². The van der Waals surface area contributed by atoms with Gasteiger partial charge in [0.1, 0.15) is 11.7 Å². The van der Waals surface area contributed by atoms with E-state index in [1.165, 1.54) is 7.11 Å². The fraction of sp³-hybridized carbons (Fsp3) is 0.176. The van der Waals surface area contributed by atoms with E-state index < -0.39 is 5.92 Å². The van der Waals surface area contributed by atoms with Crippen molar-refractivity contribution in [3.05, 3.63) is 64.2 Å². The highest BCUT2D eigenvalue weighted by molar-refractivity contribution is 6.34. The molecule has 0 aliphatic carbocycles. The number of hydrogen-bond donors (Lipinski definition) is 0. The zero-order valence-corrected chi connectivity index (χ0v) is 12.5. The molecule has 0 saturated carbocycles. The van der Waals surface area contributed by atoms with E-state index >= 15 is 0 Å². The molecule has 0 bridgehead atoms. The number of ether oxygens (including phenoxy) is 1. The summed E-state index contributed by atoms with van der Waals surface area (Å²) in [6.07, 6.45) is 0. The molecule has 0 fully saturated rings. The lowest BCUT2D eigenvalue weighted by Crippen LogP contribution is -2.13. The van der Waals surface area contributed by atoms with Gasteiger partial charge in [0.25, 0.3) is 0 Å². The van der Waals surface area contributed by atoms with Crippen LogP contribution in [0.15, 0.2) is 42.5 Å². The highest BCUT2D eigenvalue weighted by Gasteiger charge is 2.26. The predicted molar refractivity (Wildman–Crippen MR) is 81.9 cm³/mol. The number of benzene rings is 2. The van der Waals surface area contributed by atoms with E-state index in [-0.39, 0.29) is 5.78 Å². The standard InChI is InChI=1S/C17H14ClNO2/c1-11-7-8-16(21-2)13(9-11)14(10-19)17(20)12-5-3-4-6-15(12)18/h3-9,14H,1-2H3. The number of ketones is 1. The molecule has 0 aliphatic rings.